The number of carbonyl (C=O) groups is 1. The van der Waals surface area contributed by atoms with Crippen molar-refractivity contribution in [3.05, 3.63) is 0 Å². The van der Waals surface area contributed by atoms with Gasteiger partial charge in [0.25, 0.3) is 0 Å². The third-order valence-corrected chi connectivity index (χ3v) is 5.65. The minimum atomic E-state index is 0.249. The second-order valence-electron chi connectivity index (χ2n) is 5.01. The van der Waals surface area contributed by atoms with Crippen LogP contribution in [0, 0.1) is 5.92 Å². The molecule has 0 N–H and O–H groups in total. The van der Waals surface area contributed by atoms with E-state index in [0.29, 0.717) is 10.7 Å². The number of thioether (sulfide) groups is 1. The zero-order chi connectivity index (χ0) is 11.5. The van der Waals surface area contributed by atoms with Crippen molar-refractivity contribution in [3.8, 4) is 0 Å². The van der Waals surface area contributed by atoms with Gasteiger partial charge in [-0.05, 0) is 37.4 Å². The van der Waals surface area contributed by atoms with Crippen LogP contribution in [0.2, 0.25) is 0 Å². The molecule has 0 radical (unpaired) electrons. The van der Waals surface area contributed by atoms with Gasteiger partial charge in [-0.2, -0.15) is 0 Å². The summed E-state index contributed by atoms with van der Waals surface area (Å²) in [6.07, 6.45) is 6.06. The van der Waals surface area contributed by atoms with Gasteiger partial charge in [0.2, 0.25) is 5.91 Å². The average Bonchev–Trinajstić information content (AvgIpc) is 2.27. The zero-order valence-electron chi connectivity index (χ0n) is 9.82. The van der Waals surface area contributed by atoms with Crippen LogP contribution in [0.3, 0.4) is 0 Å². The highest BCUT2D eigenvalue weighted by Crippen LogP contribution is 2.34. The van der Waals surface area contributed by atoms with Gasteiger partial charge in [0.1, 0.15) is 0 Å². The van der Waals surface area contributed by atoms with Gasteiger partial charge >= 0.3 is 0 Å². The first-order valence-electron chi connectivity index (χ1n) is 6.17. The minimum Gasteiger partial charge on any atom is -0.345 e. The summed E-state index contributed by atoms with van der Waals surface area (Å²) in [6.45, 7) is 0.956. The Balaban J connectivity index is 1.74. The Bertz CT molecular complexity index is 249. The molecule has 4 heteroatoms. The first kappa shape index (κ1) is 12.7. The van der Waals surface area contributed by atoms with Gasteiger partial charge in [-0.25, -0.2) is 0 Å². The molecule has 0 aromatic heterocycles. The monoisotopic (exact) mass is 305 g/mol. The SMILES string of the molecule is CN(CC1CC(Br)C1)C(=O)C1CCCCS1. The smallest absolute Gasteiger partial charge is 0.235 e. The van der Waals surface area contributed by atoms with Crippen LogP contribution in [-0.4, -0.2) is 40.2 Å². The number of nitrogens with zero attached hydrogens (tertiary/aromatic N) is 1. The van der Waals surface area contributed by atoms with Crippen molar-refractivity contribution >= 4 is 33.6 Å². The van der Waals surface area contributed by atoms with Crippen LogP contribution >= 0.6 is 27.7 Å². The van der Waals surface area contributed by atoms with E-state index in [1.165, 1.54) is 25.7 Å². The van der Waals surface area contributed by atoms with Crippen LogP contribution in [-0.2, 0) is 4.79 Å². The molecule has 2 fully saturated rings. The molecule has 1 aliphatic carbocycles. The Morgan fingerprint density at radius 1 is 1.44 bits per heavy atom. The van der Waals surface area contributed by atoms with E-state index < -0.39 is 0 Å². The number of alkyl halides is 1. The lowest BCUT2D eigenvalue weighted by atomic mass is 9.85. The van der Waals surface area contributed by atoms with E-state index >= 15 is 0 Å². The van der Waals surface area contributed by atoms with Crippen molar-refractivity contribution < 1.29 is 4.79 Å². The van der Waals surface area contributed by atoms with Crippen LogP contribution in [0.4, 0.5) is 0 Å². The molecule has 0 aromatic carbocycles. The summed E-state index contributed by atoms with van der Waals surface area (Å²) in [7, 11) is 1.97. The predicted octanol–water partition coefficient (Wildman–Crippen LogP) is 2.90. The van der Waals surface area contributed by atoms with Crippen molar-refractivity contribution in [1.82, 2.24) is 4.90 Å². The molecule has 1 saturated carbocycles. The molecule has 1 atom stereocenters. The summed E-state index contributed by atoms with van der Waals surface area (Å²) in [5.74, 6) is 2.26. The van der Waals surface area contributed by atoms with Gasteiger partial charge in [0, 0.05) is 18.4 Å². The van der Waals surface area contributed by atoms with E-state index in [4.69, 9.17) is 0 Å². The van der Waals surface area contributed by atoms with Crippen molar-refractivity contribution in [2.24, 2.45) is 5.92 Å². The molecule has 1 amide bonds. The first-order chi connectivity index (χ1) is 7.66. The molecule has 16 heavy (non-hydrogen) atoms. The molecule has 0 aromatic rings. The largest absolute Gasteiger partial charge is 0.345 e. The number of halogens is 1. The Hall–Kier alpha value is 0.300. The second-order valence-corrected chi connectivity index (χ2v) is 7.61. The summed E-state index contributed by atoms with van der Waals surface area (Å²) >= 11 is 5.45. The van der Waals surface area contributed by atoms with E-state index in [2.05, 4.69) is 15.9 Å². The van der Waals surface area contributed by atoms with E-state index in [1.807, 2.05) is 23.7 Å². The maximum Gasteiger partial charge on any atom is 0.235 e. The molecule has 1 aliphatic heterocycles. The number of rotatable bonds is 3. The summed E-state index contributed by atoms with van der Waals surface area (Å²) in [5.41, 5.74) is 0. The highest BCUT2D eigenvalue weighted by molar-refractivity contribution is 9.09. The highest BCUT2D eigenvalue weighted by Gasteiger charge is 2.31. The normalized spacial score (nSPS) is 34.2. The Morgan fingerprint density at radius 2 is 2.19 bits per heavy atom. The maximum absolute atomic E-state index is 12.1. The Kier molecular flexibility index (Phi) is 4.59. The second kappa shape index (κ2) is 5.76. The van der Waals surface area contributed by atoms with Crippen LogP contribution in [0.5, 0.6) is 0 Å². The third kappa shape index (κ3) is 3.16. The van der Waals surface area contributed by atoms with Crippen LogP contribution < -0.4 is 0 Å². The minimum absolute atomic E-state index is 0.249. The van der Waals surface area contributed by atoms with E-state index in [1.54, 1.807) is 0 Å². The molecule has 0 spiro atoms. The topological polar surface area (TPSA) is 20.3 Å². The summed E-state index contributed by atoms with van der Waals surface area (Å²) in [6, 6.07) is 0. The quantitative estimate of drug-likeness (QED) is 0.747. The molecule has 2 nitrogen and oxygen atoms in total. The molecule has 2 aliphatic rings. The first-order valence-corrected chi connectivity index (χ1v) is 8.14. The zero-order valence-corrected chi connectivity index (χ0v) is 12.2. The van der Waals surface area contributed by atoms with Gasteiger partial charge in [-0.3, -0.25) is 4.79 Å². The standard InChI is InChI=1S/C12H20BrNOS/c1-14(8-9-6-10(13)7-9)12(15)11-4-2-3-5-16-11/h9-11H,2-8H2,1H3. The fourth-order valence-electron chi connectivity index (χ4n) is 2.46. The summed E-state index contributed by atoms with van der Waals surface area (Å²) in [4.78, 5) is 14.8. The maximum atomic E-state index is 12.1. The highest BCUT2D eigenvalue weighted by atomic mass is 79.9. The van der Waals surface area contributed by atoms with Crippen LogP contribution in [0.15, 0.2) is 0 Å². The summed E-state index contributed by atoms with van der Waals surface area (Å²) < 4.78 is 0. The van der Waals surface area contributed by atoms with Gasteiger partial charge < -0.3 is 4.90 Å². The van der Waals surface area contributed by atoms with Crippen LogP contribution in [0.25, 0.3) is 0 Å². The van der Waals surface area contributed by atoms with Gasteiger partial charge in [0.15, 0.2) is 0 Å². The molecular weight excluding hydrogens is 286 g/mol. The Morgan fingerprint density at radius 3 is 2.75 bits per heavy atom. The molecule has 1 heterocycles. The number of hydrogen-bond acceptors (Lipinski definition) is 2. The fraction of sp³-hybridized carbons (Fsp3) is 0.917. The van der Waals surface area contributed by atoms with E-state index in [-0.39, 0.29) is 5.25 Å². The van der Waals surface area contributed by atoms with Gasteiger partial charge in [-0.15, -0.1) is 11.8 Å². The molecule has 92 valence electrons. The van der Waals surface area contributed by atoms with Crippen molar-refractivity contribution in [3.63, 3.8) is 0 Å². The Labute approximate surface area is 111 Å². The number of hydrogen-bond donors (Lipinski definition) is 0. The molecule has 2 rings (SSSR count). The van der Waals surface area contributed by atoms with Crippen molar-refractivity contribution in [2.45, 2.75) is 42.2 Å². The fourth-order valence-corrected chi connectivity index (χ4v) is 4.83. The lowest BCUT2D eigenvalue weighted by Crippen LogP contribution is -2.42. The third-order valence-electron chi connectivity index (χ3n) is 3.54. The lowest BCUT2D eigenvalue weighted by molar-refractivity contribution is -0.130. The average molecular weight is 306 g/mol. The lowest BCUT2D eigenvalue weighted by Gasteiger charge is -2.35. The number of amides is 1. The number of carbonyl (C=O) groups excluding carboxylic acids is 1. The van der Waals surface area contributed by atoms with E-state index in [9.17, 15) is 4.79 Å². The van der Waals surface area contributed by atoms with Crippen LogP contribution in [0.1, 0.15) is 32.1 Å². The molecule has 1 saturated heterocycles. The molecule has 1 unspecified atom stereocenters. The van der Waals surface area contributed by atoms with Gasteiger partial charge in [0.05, 0.1) is 5.25 Å². The molecular formula is C12H20BrNOS. The van der Waals surface area contributed by atoms with E-state index in [0.717, 1.165) is 24.6 Å². The van der Waals surface area contributed by atoms with Crippen molar-refractivity contribution in [1.29, 1.82) is 0 Å². The predicted molar refractivity (Wildman–Crippen MR) is 73.2 cm³/mol. The summed E-state index contributed by atoms with van der Waals surface area (Å²) in [5, 5.41) is 0.249. The molecule has 0 bridgehead atoms. The van der Waals surface area contributed by atoms with Crippen molar-refractivity contribution in [2.75, 3.05) is 19.3 Å². The van der Waals surface area contributed by atoms with Gasteiger partial charge in [-0.1, -0.05) is 22.4 Å².